The number of non-ortho nitro benzene ring substituents is 1. The first-order chi connectivity index (χ1) is 7.38. The number of nitro groups is 1. The maximum Gasteiger partial charge on any atom is 0.270 e. The minimum Gasteiger partial charge on any atom is -0.258 e. The van der Waals surface area contributed by atoms with Crippen LogP contribution in [0.2, 0.25) is 0 Å². The first-order valence-electron chi connectivity index (χ1n) is 4.32. The smallest absolute Gasteiger partial charge is 0.258 e. The van der Waals surface area contributed by atoms with Gasteiger partial charge in [0.2, 0.25) is 10.0 Å². The molecule has 8 heteroatoms. The van der Waals surface area contributed by atoms with Crippen molar-refractivity contribution in [2.24, 2.45) is 0 Å². The van der Waals surface area contributed by atoms with E-state index in [2.05, 4.69) is 4.72 Å². The largest absolute Gasteiger partial charge is 0.270 e. The second-order valence-corrected chi connectivity index (χ2v) is 4.61. The summed E-state index contributed by atoms with van der Waals surface area (Å²) in [5, 5.41) is 10.4. The van der Waals surface area contributed by atoms with Crippen molar-refractivity contribution in [3.63, 3.8) is 0 Å². The Kier molecular flexibility index (Phi) is 3.55. The molecule has 0 fully saturated rings. The molecule has 1 aromatic rings. The van der Waals surface area contributed by atoms with Crippen LogP contribution in [0.1, 0.15) is 6.92 Å². The molecule has 16 heavy (non-hydrogen) atoms. The van der Waals surface area contributed by atoms with Crippen molar-refractivity contribution in [1.82, 2.24) is 4.72 Å². The highest BCUT2D eigenvalue weighted by atomic mass is 32.2. The second kappa shape index (κ2) is 4.54. The Bertz CT molecular complexity index is 515. The Morgan fingerprint density at radius 2 is 2.12 bits per heavy atom. The number of benzene rings is 1. The van der Waals surface area contributed by atoms with Gasteiger partial charge in [-0.1, -0.05) is 6.92 Å². The molecular formula is C8H9FN2O4S. The summed E-state index contributed by atoms with van der Waals surface area (Å²) in [6, 6.07) is 2.34. The van der Waals surface area contributed by atoms with E-state index in [1.807, 2.05) is 0 Å². The van der Waals surface area contributed by atoms with E-state index in [-0.39, 0.29) is 6.54 Å². The van der Waals surface area contributed by atoms with E-state index in [9.17, 15) is 22.9 Å². The van der Waals surface area contributed by atoms with Gasteiger partial charge in [-0.2, -0.15) is 0 Å². The molecule has 0 unspecified atom stereocenters. The van der Waals surface area contributed by atoms with Crippen LogP contribution in [0.25, 0.3) is 0 Å². The van der Waals surface area contributed by atoms with Crippen LogP contribution in [0.4, 0.5) is 10.1 Å². The van der Waals surface area contributed by atoms with Gasteiger partial charge in [-0.05, 0) is 6.07 Å². The molecule has 0 aliphatic carbocycles. The third kappa shape index (κ3) is 2.52. The highest BCUT2D eigenvalue weighted by molar-refractivity contribution is 7.89. The quantitative estimate of drug-likeness (QED) is 0.636. The van der Waals surface area contributed by atoms with E-state index in [0.717, 1.165) is 12.1 Å². The van der Waals surface area contributed by atoms with E-state index in [1.165, 1.54) is 6.92 Å². The SMILES string of the molecule is CCNS(=O)(=O)c1cc([N+](=O)[O-])ccc1F. The highest BCUT2D eigenvalue weighted by Gasteiger charge is 2.21. The molecule has 0 bridgehead atoms. The Morgan fingerprint density at radius 3 is 2.62 bits per heavy atom. The molecule has 0 radical (unpaired) electrons. The number of rotatable bonds is 4. The average molecular weight is 248 g/mol. The van der Waals surface area contributed by atoms with E-state index in [4.69, 9.17) is 0 Å². The van der Waals surface area contributed by atoms with Gasteiger partial charge < -0.3 is 0 Å². The zero-order valence-corrected chi connectivity index (χ0v) is 9.12. The summed E-state index contributed by atoms with van der Waals surface area (Å²) in [5.74, 6) is -1.02. The van der Waals surface area contributed by atoms with Crippen molar-refractivity contribution < 1.29 is 17.7 Å². The van der Waals surface area contributed by atoms with Crippen LogP contribution < -0.4 is 4.72 Å². The molecular weight excluding hydrogens is 239 g/mol. The molecule has 6 nitrogen and oxygen atoms in total. The first kappa shape index (κ1) is 12.5. The fourth-order valence-corrected chi connectivity index (χ4v) is 2.22. The van der Waals surface area contributed by atoms with Crippen LogP contribution in [0.5, 0.6) is 0 Å². The number of nitro benzene ring substituents is 1. The number of nitrogens with zero attached hydrogens (tertiary/aromatic N) is 1. The number of nitrogens with one attached hydrogen (secondary N) is 1. The minimum atomic E-state index is -4.03. The summed E-state index contributed by atoms with van der Waals surface area (Å²) in [6.07, 6.45) is 0. The maximum atomic E-state index is 13.2. The molecule has 1 rings (SSSR count). The standard InChI is InChI=1S/C8H9FN2O4S/c1-2-10-16(14,15)8-5-6(11(12)13)3-4-7(8)9/h3-5,10H,2H2,1H3. The van der Waals surface area contributed by atoms with Crippen LogP contribution in [0, 0.1) is 15.9 Å². The van der Waals surface area contributed by atoms with Gasteiger partial charge in [-0.3, -0.25) is 10.1 Å². The first-order valence-corrected chi connectivity index (χ1v) is 5.80. The summed E-state index contributed by atoms with van der Waals surface area (Å²) in [7, 11) is -4.03. The van der Waals surface area contributed by atoms with E-state index >= 15 is 0 Å². The molecule has 0 aliphatic rings. The number of hydrogen-bond donors (Lipinski definition) is 1. The lowest BCUT2D eigenvalue weighted by Gasteiger charge is -2.05. The fraction of sp³-hybridized carbons (Fsp3) is 0.250. The van der Waals surface area contributed by atoms with Gasteiger partial charge in [0.1, 0.15) is 10.7 Å². The zero-order chi connectivity index (χ0) is 12.3. The minimum absolute atomic E-state index is 0.0739. The van der Waals surface area contributed by atoms with Crippen molar-refractivity contribution in [1.29, 1.82) is 0 Å². The third-order valence-electron chi connectivity index (χ3n) is 1.75. The van der Waals surface area contributed by atoms with Gasteiger partial charge in [0.05, 0.1) is 4.92 Å². The lowest BCUT2D eigenvalue weighted by molar-refractivity contribution is -0.385. The Balaban J connectivity index is 3.33. The lowest BCUT2D eigenvalue weighted by atomic mass is 10.3. The molecule has 1 N–H and O–H groups in total. The van der Waals surface area contributed by atoms with E-state index in [1.54, 1.807) is 0 Å². The van der Waals surface area contributed by atoms with Crippen LogP contribution in [-0.4, -0.2) is 19.9 Å². The van der Waals surface area contributed by atoms with E-state index < -0.39 is 31.3 Å². The molecule has 1 aromatic carbocycles. The lowest BCUT2D eigenvalue weighted by Crippen LogP contribution is -2.24. The molecule has 0 aromatic heterocycles. The normalized spacial score (nSPS) is 11.4. The summed E-state index contributed by atoms with van der Waals surface area (Å²) in [6.45, 7) is 1.59. The monoisotopic (exact) mass is 248 g/mol. The Hall–Kier alpha value is -1.54. The highest BCUT2D eigenvalue weighted by Crippen LogP contribution is 2.20. The van der Waals surface area contributed by atoms with Gasteiger partial charge in [-0.25, -0.2) is 17.5 Å². The number of halogens is 1. The van der Waals surface area contributed by atoms with Crippen LogP contribution in [0.3, 0.4) is 0 Å². The topological polar surface area (TPSA) is 89.3 Å². The summed E-state index contributed by atoms with van der Waals surface area (Å²) >= 11 is 0. The maximum absolute atomic E-state index is 13.2. The number of hydrogen-bond acceptors (Lipinski definition) is 4. The van der Waals surface area contributed by atoms with Crippen molar-refractivity contribution in [2.45, 2.75) is 11.8 Å². The molecule has 0 amide bonds. The summed E-state index contributed by atoms with van der Waals surface area (Å²) in [4.78, 5) is 8.91. The predicted octanol–water partition coefficient (Wildman–Crippen LogP) is 1.03. The molecule has 0 heterocycles. The summed E-state index contributed by atoms with van der Waals surface area (Å²) < 4.78 is 38.2. The van der Waals surface area contributed by atoms with Crippen LogP contribution in [0.15, 0.2) is 23.1 Å². The van der Waals surface area contributed by atoms with Crippen molar-refractivity contribution in [3.8, 4) is 0 Å². The molecule has 0 aliphatic heterocycles. The summed E-state index contributed by atoms with van der Waals surface area (Å²) in [5.41, 5.74) is -0.474. The molecule has 0 saturated heterocycles. The van der Waals surface area contributed by atoms with Gasteiger partial charge in [0.15, 0.2) is 0 Å². The average Bonchev–Trinajstić information content (AvgIpc) is 2.17. The van der Waals surface area contributed by atoms with Crippen molar-refractivity contribution in [2.75, 3.05) is 6.54 Å². The third-order valence-corrected chi connectivity index (χ3v) is 3.31. The van der Waals surface area contributed by atoms with Crippen molar-refractivity contribution >= 4 is 15.7 Å². The van der Waals surface area contributed by atoms with Gasteiger partial charge in [-0.15, -0.1) is 0 Å². The van der Waals surface area contributed by atoms with Gasteiger partial charge in [0.25, 0.3) is 5.69 Å². The zero-order valence-electron chi connectivity index (χ0n) is 8.31. The van der Waals surface area contributed by atoms with Crippen LogP contribution >= 0.6 is 0 Å². The van der Waals surface area contributed by atoms with Gasteiger partial charge in [0, 0.05) is 18.7 Å². The number of sulfonamides is 1. The molecule has 0 spiro atoms. The van der Waals surface area contributed by atoms with Crippen LogP contribution in [-0.2, 0) is 10.0 Å². The predicted molar refractivity (Wildman–Crippen MR) is 53.9 cm³/mol. The molecule has 0 atom stereocenters. The Labute approximate surface area is 91.3 Å². The van der Waals surface area contributed by atoms with Crippen molar-refractivity contribution in [3.05, 3.63) is 34.1 Å². The molecule has 88 valence electrons. The van der Waals surface area contributed by atoms with Gasteiger partial charge >= 0.3 is 0 Å². The Morgan fingerprint density at radius 1 is 1.50 bits per heavy atom. The molecule has 0 saturated carbocycles. The van der Waals surface area contributed by atoms with E-state index in [0.29, 0.717) is 6.07 Å². The fourth-order valence-electron chi connectivity index (χ4n) is 1.08. The second-order valence-electron chi connectivity index (χ2n) is 2.87.